The Labute approximate surface area is 182 Å². The number of ether oxygens (including phenoxy) is 1. The highest BCUT2D eigenvalue weighted by Crippen LogP contribution is 2.39. The smallest absolute Gasteiger partial charge is 0.148 e. The molecule has 2 aromatic rings. The van der Waals surface area contributed by atoms with Crippen LogP contribution in [0.1, 0.15) is 25.7 Å². The average molecular weight is 431 g/mol. The molecule has 7 heteroatoms. The quantitative estimate of drug-likeness (QED) is 0.757. The van der Waals surface area contributed by atoms with Crippen molar-refractivity contribution in [3.63, 3.8) is 0 Å². The molecule has 2 aliphatic heterocycles. The lowest BCUT2D eigenvalue weighted by Gasteiger charge is -2.27. The van der Waals surface area contributed by atoms with Gasteiger partial charge in [0.05, 0.1) is 10.7 Å². The van der Waals surface area contributed by atoms with Crippen LogP contribution in [-0.4, -0.2) is 54.0 Å². The summed E-state index contributed by atoms with van der Waals surface area (Å²) >= 11 is 6.18. The monoisotopic (exact) mass is 430 g/mol. The Morgan fingerprint density at radius 1 is 1.07 bits per heavy atom. The number of benzene rings is 1. The number of aromatic nitrogens is 2. The molecule has 30 heavy (non-hydrogen) atoms. The first-order valence-electron chi connectivity index (χ1n) is 11.0. The van der Waals surface area contributed by atoms with E-state index in [4.69, 9.17) is 16.3 Å². The van der Waals surface area contributed by atoms with Crippen molar-refractivity contribution in [1.29, 1.82) is 0 Å². The van der Waals surface area contributed by atoms with Gasteiger partial charge < -0.3 is 15.0 Å². The Kier molecular flexibility index (Phi) is 5.89. The van der Waals surface area contributed by atoms with Crippen LogP contribution in [0, 0.1) is 23.6 Å². The van der Waals surface area contributed by atoms with Gasteiger partial charge in [-0.05, 0) is 73.8 Å². The van der Waals surface area contributed by atoms with Gasteiger partial charge in [0.15, 0.2) is 0 Å². The van der Waals surface area contributed by atoms with E-state index in [0.717, 1.165) is 36.8 Å². The van der Waals surface area contributed by atoms with Crippen LogP contribution in [0.3, 0.4) is 0 Å². The van der Waals surface area contributed by atoms with Gasteiger partial charge in [-0.15, -0.1) is 10.2 Å². The first kappa shape index (κ1) is 20.2. The van der Waals surface area contributed by atoms with Gasteiger partial charge >= 0.3 is 0 Å². The zero-order valence-electron chi connectivity index (χ0n) is 17.1. The second kappa shape index (κ2) is 8.77. The van der Waals surface area contributed by atoms with Crippen LogP contribution in [0.2, 0.25) is 5.02 Å². The highest BCUT2D eigenvalue weighted by atomic mass is 35.5. The SMILES string of the molecule is Fc1ccc(Cl)c(-c2ccc(N[C@@H]3C[C@@H]4CN(CC5CCOCC5)C[C@@H]4C3)nn2)c1. The van der Waals surface area contributed by atoms with Crippen LogP contribution in [0.25, 0.3) is 11.3 Å². The highest BCUT2D eigenvalue weighted by Gasteiger charge is 2.41. The summed E-state index contributed by atoms with van der Waals surface area (Å²) in [6.45, 7) is 5.56. The van der Waals surface area contributed by atoms with E-state index in [1.807, 2.05) is 12.1 Å². The van der Waals surface area contributed by atoms with Crippen molar-refractivity contribution in [2.75, 3.05) is 38.2 Å². The largest absolute Gasteiger partial charge is 0.381 e. The lowest BCUT2D eigenvalue weighted by Crippen LogP contribution is -2.32. The van der Waals surface area contributed by atoms with Crippen LogP contribution in [0.5, 0.6) is 0 Å². The Hall–Kier alpha value is -1.76. The predicted molar refractivity (Wildman–Crippen MR) is 116 cm³/mol. The number of hydrogen-bond donors (Lipinski definition) is 1. The molecule has 3 aliphatic rings. The van der Waals surface area contributed by atoms with Gasteiger partial charge in [0, 0.05) is 44.5 Å². The van der Waals surface area contributed by atoms with Crippen LogP contribution in [-0.2, 0) is 4.74 Å². The van der Waals surface area contributed by atoms with E-state index in [1.54, 1.807) is 6.07 Å². The maximum atomic E-state index is 13.5. The van der Waals surface area contributed by atoms with E-state index < -0.39 is 0 Å². The second-order valence-corrected chi connectivity index (χ2v) is 9.44. The number of anilines is 1. The molecule has 5 nitrogen and oxygen atoms in total. The summed E-state index contributed by atoms with van der Waals surface area (Å²) in [6.07, 6.45) is 4.80. The molecule has 3 atom stereocenters. The minimum atomic E-state index is -0.332. The molecule has 0 amide bonds. The second-order valence-electron chi connectivity index (χ2n) is 9.04. The summed E-state index contributed by atoms with van der Waals surface area (Å²) in [6, 6.07) is 8.49. The standard InChI is InChI=1S/C23H28ClFN4O/c24-21-2-1-18(25)11-20(21)22-3-4-23(28-27-22)26-19-9-16-13-29(14-17(16)10-19)12-15-5-7-30-8-6-15/h1-4,11,15-17,19H,5-10,12-14H2,(H,26,28)/t16-,17+,19-. The number of fused-ring (bicyclic) bond motifs is 1. The van der Waals surface area contributed by atoms with Crippen molar-refractivity contribution in [3.8, 4) is 11.3 Å². The third-order valence-electron chi connectivity index (χ3n) is 6.90. The number of halogens is 2. The predicted octanol–water partition coefficient (Wildman–Crippen LogP) is 4.49. The Bertz CT molecular complexity index is 860. The Morgan fingerprint density at radius 3 is 2.53 bits per heavy atom. The molecule has 5 rings (SSSR count). The fourth-order valence-electron chi connectivity index (χ4n) is 5.41. The van der Waals surface area contributed by atoms with Gasteiger partial charge in [-0.3, -0.25) is 0 Å². The maximum Gasteiger partial charge on any atom is 0.148 e. The topological polar surface area (TPSA) is 50.3 Å². The van der Waals surface area contributed by atoms with Crippen LogP contribution in [0.15, 0.2) is 30.3 Å². The fourth-order valence-corrected chi connectivity index (χ4v) is 5.63. The number of rotatable bonds is 5. The molecule has 1 saturated carbocycles. The molecule has 1 aliphatic carbocycles. The van der Waals surface area contributed by atoms with Gasteiger partial charge in [0.25, 0.3) is 0 Å². The molecule has 0 radical (unpaired) electrons. The summed E-state index contributed by atoms with van der Waals surface area (Å²) < 4.78 is 19.0. The molecule has 1 aromatic heterocycles. The van der Waals surface area contributed by atoms with Gasteiger partial charge in [0.2, 0.25) is 0 Å². The van der Waals surface area contributed by atoms with Crippen molar-refractivity contribution >= 4 is 17.4 Å². The average Bonchev–Trinajstić information content (AvgIpc) is 3.29. The zero-order valence-corrected chi connectivity index (χ0v) is 17.8. The molecule has 0 spiro atoms. The first-order chi connectivity index (χ1) is 14.6. The summed E-state index contributed by atoms with van der Waals surface area (Å²) in [5.41, 5.74) is 1.15. The summed E-state index contributed by atoms with van der Waals surface area (Å²) in [5.74, 6) is 2.81. The van der Waals surface area contributed by atoms with Crippen molar-refractivity contribution in [1.82, 2.24) is 15.1 Å². The first-order valence-corrected chi connectivity index (χ1v) is 11.4. The van der Waals surface area contributed by atoms with Gasteiger partial charge in [-0.25, -0.2) is 4.39 Å². The minimum Gasteiger partial charge on any atom is -0.381 e. The Balaban J connectivity index is 1.14. The van der Waals surface area contributed by atoms with Crippen molar-refractivity contribution < 1.29 is 9.13 Å². The van der Waals surface area contributed by atoms with Crippen LogP contribution in [0.4, 0.5) is 10.2 Å². The van der Waals surface area contributed by atoms with Crippen molar-refractivity contribution in [2.45, 2.75) is 31.7 Å². The lowest BCUT2D eigenvalue weighted by atomic mass is 10.00. The molecular weight excluding hydrogens is 403 g/mol. The molecule has 3 fully saturated rings. The summed E-state index contributed by atoms with van der Waals surface area (Å²) in [5, 5.41) is 12.6. The maximum absolute atomic E-state index is 13.5. The van der Waals surface area contributed by atoms with Gasteiger partial charge in [0.1, 0.15) is 11.6 Å². The van der Waals surface area contributed by atoms with Crippen molar-refractivity contribution in [2.24, 2.45) is 17.8 Å². The van der Waals surface area contributed by atoms with Crippen molar-refractivity contribution in [3.05, 3.63) is 41.2 Å². The van der Waals surface area contributed by atoms with Gasteiger partial charge in [-0.2, -0.15) is 0 Å². The van der Waals surface area contributed by atoms with Crippen LogP contribution < -0.4 is 5.32 Å². The lowest BCUT2D eigenvalue weighted by molar-refractivity contribution is 0.0545. The molecule has 1 N–H and O–H groups in total. The Morgan fingerprint density at radius 2 is 1.83 bits per heavy atom. The van der Waals surface area contributed by atoms with E-state index in [1.165, 1.54) is 57.5 Å². The van der Waals surface area contributed by atoms with E-state index in [0.29, 0.717) is 22.3 Å². The summed E-state index contributed by atoms with van der Waals surface area (Å²) in [7, 11) is 0. The minimum absolute atomic E-state index is 0.332. The van der Waals surface area contributed by atoms with Crippen LogP contribution >= 0.6 is 11.6 Å². The molecule has 2 saturated heterocycles. The van der Waals surface area contributed by atoms with E-state index in [2.05, 4.69) is 20.4 Å². The molecule has 0 bridgehead atoms. The number of nitrogens with one attached hydrogen (secondary N) is 1. The fraction of sp³-hybridized carbons (Fsp3) is 0.565. The van der Waals surface area contributed by atoms with E-state index in [-0.39, 0.29) is 5.82 Å². The summed E-state index contributed by atoms with van der Waals surface area (Å²) in [4.78, 5) is 2.68. The normalized spacial score (nSPS) is 27.3. The third kappa shape index (κ3) is 4.46. The molecule has 1 aromatic carbocycles. The highest BCUT2D eigenvalue weighted by molar-refractivity contribution is 6.33. The number of hydrogen-bond acceptors (Lipinski definition) is 5. The molecule has 160 valence electrons. The number of nitrogens with zero attached hydrogens (tertiary/aromatic N) is 3. The zero-order chi connectivity index (χ0) is 20.5. The molecule has 0 unspecified atom stereocenters. The molecular formula is C23H28ClFN4O. The van der Waals surface area contributed by atoms with Gasteiger partial charge in [-0.1, -0.05) is 11.6 Å². The van der Waals surface area contributed by atoms with E-state index >= 15 is 0 Å². The molecule has 3 heterocycles. The third-order valence-corrected chi connectivity index (χ3v) is 7.23. The number of likely N-dealkylation sites (tertiary alicyclic amines) is 1. The van der Waals surface area contributed by atoms with E-state index in [9.17, 15) is 4.39 Å².